The summed E-state index contributed by atoms with van der Waals surface area (Å²) < 4.78 is 0.986. The number of halogens is 1. The van der Waals surface area contributed by atoms with Crippen LogP contribution in [0.3, 0.4) is 0 Å². The van der Waals surface area contributed by atoms with E-state index in [-0.39, 0.29) is 17.7 Å². The van der Waals surface area contributed by atoms with Gasteiger partial charge in [0.15, 0.2) is 0 Å². The molecule has 0 bridgehead atoms. The van der Waals surface area contributed by atoms with Crippen molar-refractivity contribution >= 4 is 33.4 Å². The number of anilines is 1. The van der Waals surface area contributed by atoms with Crippen molar-refractivity contribution in [3.05, 3.63) is 28.7 Å². The predicted molar refractivity (Wildman–Crippen MR) is 94.2 cm³/mol. The van der Waals surface area contributed by atoms with Crippen molar-refractivity contribution in [1.82, 2.24) is 4.90 Å². The maximum absolute atomic E-state index is 12.9. The van der Waals surface area contributed by atoms with Crippen molar-refractivity contribution in [2.24, 2.45) is 5.92 Å². The van der Waals surface area contributed by atoms with Crippen molar-refractivity contribution in [3.8, 4) is 0 Å². The lowest BCUT2D eigenvalue weighted by atomic mass is 9.97. The molecule has 2 amide bonds. The topological polar surface area (TPSA) is 40.6 Å². The highest BCUT2D eigenvalue weighted by atomic mass is 79.9. The number of rotatable bonds is 3. The third kappa shape index (κ3) is 3.44. The summed E-state index contributed by atoms with van der Waals surface area (Å²) in [6.07, 6.45) is 4.72. The summed E-state index contributed by atoms with van der Waals surface area (Å²) >= 11 is 3.41. The Hall–Kier alpha value is -1.36. The number of carbonyl (C=O) groups is 2. The van der Waals surface area contributed by atoms with E-state index >= 15 is 0 Å². The molecule has 1 aromatic carbocycles. The number of carbonyl (C=O) groups excluding carboxylic acids is 2. The third-order valence-electron chi connectivity index (χ3n) is 4.99. The summed E-state index contributed by atoms with van der Waals surface area (Å²) in [5, 5.41) is 0. The van der Waals surface area contributed by atoms with Gasteiger partial charge in [0, 0.05) is 35.7 Å². The minimum atomic E-state index is -0.196. The van der Waals surface area contributed by atoms with E-state index in [4.69, 9.17) is 0 Å². The molecular formula is C18H23BrN2O2. The standard InChI is InChI=1S/C18H23BrN2O2/c1-2-15-5-3-4-10-20(15)18(23)13-11-17(22)21(12-13)16-8-6-14(19)7-9-16/h6-9,13,15H,2-5,10-12H2,1H3. The van der Waals surface area contributed by atoms with Crippen LogP contribution in [0.4, 0.5) is 5.69 Å². The highest BCUT2D eigenvalue weighted by Crippen LogP contribution is 2.29. The van der Waals surface area contributed by atoms with E-state index in [1.165, 1.54) is 6.42 Å². The Morgan fingerprint density at radius 3 is 2.70 bits per heavy atom. The van der Waals surface area contributed by atoms with Gasteiger partial charge in [0.2, 0.25) is 11.8 Å². The van der Waals surface area contributed by atoms with Crippen molar-refractivity contribution in [3.63, 3.8) is 0 Å². The van der Waals surface area contributed by atoms with Crippen LogP contribution in [-0.4, -0.2) is 35.8 Å². The second kappa shape index (κ2) is 7.04. The van der Waals surface area contributed by atoms with Gasteiger partial charge in [-0.05, 0) is 49.9 Å². The summed E-state index contributed by atoms with van der Waals surface area (Å²) in [6.45, 7) is 3.50. The number of hydrogen-bond acceptors (Lipinski definition) is 2. The summed E-state index contributed by atoms with van der Waals surface area (Å²) in [7, 11) is 0. The number of hydrogen-bond donors (Lipinski definition) is 0. The van der Waals surface area contributed by atoms with Gasteiger partial charge in [-0.2, -0.15) is 0 Å². The molecule has 0 N–H and O–H groups in total. The van der Waals surface area contributed by atoms with Gasteiger partial charge in [0.05, 0.1) is 5.92 Å². The molecule has 2 unspecified atom stereocenters. The molecule has 2 heterocycles. The summed E-state index contributed by atoms with van der Waals surface area (Å²) in [5.41, 5.74) is 0.874. The lowest BCUT2D eigenvalue weighted by Crippen LogP contribution is -2.46. The van der Waals surface area contributed by atoms with E-state index < -0.39 is 0 Å². The van der Waals surface area contributed by atoms with Crippen LogP contribution in [0.2, 0.25) is 0 Å². The van der Waals surface area contributed by atoms with E-state index in [0.717, 1.165) is 36.0 Å². The number of amides is 2. The van der Waals surface area contributed by atoms with E-state index in [1.54, 1.807) is 4.90 Å². The Morgan fingerprint density at radius 2 is 2.00 bits per heavy atom. The van der Waals surface area contributed by atoms with Gasteiger partial charge in [-0.1, -0.05) is 22.9 Å². The van der Waals surface area contributed by atoms with E-state index in [1.807, 2.05) is 29.2 Å². The van der Waals surface area contributed by atoms with Gasteiger partial charge in [0.1, 0.15) is 0 Å². The first-order valence-corrected chi connectivity index (χ1v) is 9.26. The Labute approximate surface area is 146 Å². The van der Waals surface area contributed by atoms with Gasteiger partial charge >= 0.3 is 0 Å². The molecule has 2 aliphatic rings. The molecular weight excluding hydrogens is 356 g/mol. The zero-order chi connectivity index (χ0) is 16.4. The monoisotopic (exact) mass is 378 g/mol. The molecule has 2 saturated heterocycles. The molecule has 2 aliphatic heterocycles. The van der Waals surface area contributed by atoms with Gasteiger partial charge in [-0.3, -0.25) is 9.59 Å². The van der Waals surface area contributed by atoms with Crippen molar-refractivity contribution < 1.29 is 9.59 Å². The van der Waals surface area contributed by atoms with Crippen molar-refractivity contribution in [2.75, 3.05) is 18.0 Å². The normalized spacial score (nSPS) is 25.0. The summed E-state index contributed by atoms with van der Waals surface area (Å²) in [5.74, 6) is 0.0264. The third-order valence-corrected chi connectivity index (χ3v) is 5.52. The number of likely N-dealkylation sites (tertiary alicyclic amines) is 1. The molecule has 0 radical (unpaired) electrons. The summed E-state index contributed by atoms with van der Waals surface area (Å²) in [6, 6.07) is 8.05. The molecule has 23 heavy (non-hydrogen) atoms. The predicted octanol–water partition coefficient (Wildman–Crippen LogP) is 3.59. The molecule has 0 aliphatic carbocycles. The maximum atomic E-state index is 12.9. The Morgan fingerprint density at radius 1 is 1.26 bits per heavy atom. The first-order valence-electron chi connectivity index (χ1n) is 8.46. The maximum Gasteiger partial charge on any atom is 0.228 e. The molecule has 124 valence electrons. The van der Waals surface area contributed by atoms with Gasteiger partial charge in [-0.15, -0.1) is 0 Å². The number of piperidine rings is 1. The van der Waals surface area contributed by atoms with E-state index in [0.29, 0.717) is 19.0 Å². The molecule has 3 rings (SSSR count). The lowest BCUT2D eigenvalue weighted by Gasteiger charge is -2.36. The Bertz CT molecular complexity index is 587. The van der Waals surface area contributed by atoms with Crippen LogP contribution in [0.25, 0.3) is 0 Å². The smallest absolute Gasteiger partial charge is 0.228 e. The SMILES string of the molecule is CCC1CCCCN1C(=O)C1CC(=O)N(c2ccc(Br)cc2)C1. The number of benzene rings is 1. The van der Waals surface area contributed by atoms with Gasteiger partial charge in [-0.25, -0.2) is 0 Å². The fourth-order valence-electron chi connectivity index (χ4n) is 3.69. The zero-order valence-corrected chi connectivity index (χ0v) is 15.1. The molecule has 1 aromatic rings. The quantitative estimate of drug-likeness (QED) is 0.805. The largest absolute Gasteiger partial charge is 0.339 e. The molecule has 0 saturated carbocycles. The van der Waals surface area contributed by atoms with Crippen LogP contribution in [0.1, 0.15) is 39.0 Å². The fraction of sp³-hybridized carbons (Fsp3) is 0.556. The van der Waals surface area contributed by atoms with Gasteiger partial charge in [0.25, 0.3) is 0 Å². The second-order valence-corrected chi connectivity index (χ2v) is 7.39. The van der Waals surface area contributed by atoms with Crippen LogP contribution in [-0.2, 0) is 9.59 Å². The van der Waals surface area contributed by atoms with Crippen molar-refractivity contribution in [2.45, 2.75) is 45.1 Å². The van der Waals surface area contributed by atoms with E-state index in [2.05, 4.69) is 22.9 Å². The van der Waals surface area contributed by atoms with Crippen LogP contribution in [0.15, 0.2) is 28.7 Å². The Balaban J connectivity index is 1.71. The zero-order valence-electron chi connectivity index (χ0n) is 13.5. The molecule has 2 fully saturated rings. The molecule has 2 atom stereocenters. The minimum absolute atomic E-state index is 0.0516. The summed E-state index contributed by atoms with van der Waals surface area (Å²) in [4.78, 5) is 29.0. The first-order chi connectivity index (χ1) is 11.1. The van der Waals surface area contributed by atoms with Crippen LogP contribution >= 0.6 is 15.9 Å². The van der Waals surface area contributed by atoms with Gasteiger partial charge < -0.3 is 9.80 Å². The average molecular weight is 379 g/mol. The number of nitrogens with zero attached hydrogens (tertiary/aromatic N) is 2. The average Bonchev–Trinajstić information content (AvgIpc) is 2.96. The molecule has 4 nitrogen and oxygen atoms in total. The molecule has 5 heteroatoms. The first kappa shape index (κ1) is 16.5. The van der Waals surface area contributed by atoms with Crippen molar-refractivity contribution in [1.29, 1.82) is 0 Å². The lowest BCUT2D eigenvalue weighted by molar-refractivity contribution is -0.139. The fourth-order valence-corrected chi connectivity index (χ4v) is 3.96. The highest BCUT2D eigenvalue weighted by molar-refractivity contribution is 9.10. The minimum Gasteiger partial charge on any atom is -0.339 e. The highest BCUT2D eigenvalue weighted by Gasteiger charge is 2.39. The molecule has 0 aromatic heterocycles. The molecule has 0 spiro atoms. The van der Waals surface area contributed by atoms with Crippen LogP contribution < -0.4 is 4.90 Å². The van der Waals surface area contributed by atoms with E-state index in [9.17, 15) is 9.59 Å². The van der Waals surface area contributed by atoms with Crippen LogP contribution in [0.5, 0.6) is 0 Å². The Kier molecular flexibility index (Phi) is 5.05. The second-order valence-electron chi connectivity index (χ2n) is 6.47. The van der Waals surface area contributed by atoms with Crippen LogP contribution in [0, 0.1) is 5.92 Å².